The van der Waals surface area contributed by atoms with Crippen LogP contribution >= 0.6 is 0 Å². The van der Waals surface area contributed by atoms with Crippen molar-refractivity contribution >= 4 is 17.6 Å². The third kappa shape index (κ3) is 3.52. The van der Waals surface area contributed by atoms with Crippen LogP contribution in [0.25, 0.3) is 0 Å². The Bertz CT molecular complexity index is 619. The SMILES string of the molecule is CC(C)C1CN(C(=O)C(=O)c2ccco2)CCC(=O)N1CC1CC1. The summed E-state index contributed by atoms with van der Waals surface area (Å²) >= 11 is 0. The molecule has 2 heterocycles. The first-order valence-corrected chi connectivity index (χ1v) is 8.64. The molecule has 6 nitrogen and oxygen atoms in total. The molecular weight excluding hydrogens is 308 g/mol. The molecule has 2 aliphatic rings. The molecule has 0 radical (unpaired) electrons. The molecule has 1 saturated heterocycles. The van der Waals surface area contributed by atoms with Gasteiger partial charge in [0, 0.05) is 26.1 Å². The highest BCUT2D eigenvalue weighted by atomic mass is 16.3. The van der Waals surface area contributed by atoms with Crippen LogP contribution in [0, 0.1) is 11.8 Å². The third-order valence-corrected chi connectivity index (χ3v) is 4.87. The number of nitrogens with zero attached hydrogens (tertiary/aromatic N) is 2. The number of furan rings is 1. The summed E-state index contributed by atoms with van der Waals surface area (Å²) in [4.78, 5) is 40.8. The van der Waals surface area contributed by atoms with E-state index in [1.165, 1.54) is 30.1 Å². The maximum atomic E-state index is 12.6. The summed E-state index contributed by atoms with van der Waals surface area (Å²) in [6.07, 6.45) is 4.00. The zero-order valence-electron chi connectivity index (χ0n) is 14.2. The Balaban J connectivity index is 1.76. The number of amides is 2. The van der Waals surface area contributed by atoms with Crippen molar-refractivity contribution in [2.24, 2.45) is 11.8 Å². The predicted octanol–water partition coefficient (Wildman–Crippen LogP) is 1.96. The van der Waals surface area contributed by atoms with Crippen molar-refractivity contribution in [3.8, 4) is 0 Å². The molecule has 130 valence electrons. The summed E-state index contributed by atoms with van der Waals surface area (Å²) in [7, 11) is 0. The smallest absolute Gasteiger partial charge is 0.298 e. The highest BCUT2D eigenvalue weighted by Gasteiger charge is 2.38. The number of carbonyl (C=O) groups is 3. The Kier molecular flexibility index (Phi) is 4.73. The van der Waals surface area contributed by atoms with Gasteiger partial charge in [-0.25, -0.2) is 0 Å². The Morgan fingerprint density at radius 2 is 2.08 bits per heavy atom. The molecule has 0 N–H and O–H groups in total. The van der Waals surface area contributed by atoms with Gasteiger partial charge in [-0.3, -0.25) is 14.4 Å². The molecular formula is C18H24N2O4. The minimum absolute atomic E-state index is 0.0473. The summed E-state index contributed by atoms with van der Waals surface area (Å²) in [6.45, 7) is 5.58. The van der Waals surface area contributed by atoms with Crippen molar-refractivity contribution < 1.29 is 18.8 Å². The second-order valence-corrected chi connectivity index (χ2v) is 7.11. The first-order chi connectivity index (χ1) is 11.5. The minimum atomic E-state index is -0.648. The van der Waals surface area contributed by atoms with Gasteiger partial charge in [-0.05, 0) is 36.8 Å². The van der Waals surface area contributed by atoms with Crippen LogP contribution in [-0.2, 0) is 9.59 Å². The molecule has 1 aromatic rings. The molecule has 2 amide bonds. The van der Waals surface area contributed by atoms with E-state index in [4.69, 9.17) is 4.42 Å². The Hall–Kier alpha value is -2.11. The largest absolute Gasteiger partial charge is 0.461 e. The van der Waals surface area contributed by atoms with Crippen LogP contribution in [0.15, 0.2) is 22.8 Å². The number of rotatable bonds is 5. The molecule has 2 fully saturated rings. The van der Waals surface area contributed by atoms with Gasteiger partial charge in [0.1, 0.15) is 0 Å². The van der Waals surface area contributed by atoms with Gasteiger partial charge >= 0.3 is 0 Å². The van der Waals surface area contributed by atoms with Gasteiger partial charge < -0.3 is 14.2 Å². The highest BCUT2D eigenvalue weighted by molar-refractivity contribution is 6.41. The van der Waals surface area contributed by atoms with E-state index in [0.29, 0.717) is 12.5 Å². The van der Waals surface area contributed by atoms with Gasteiger partial charge in [-0.15, -0.1) is 0 Å². The van der Waals surface area contributed by atoms with E-state index < -0.39 is 11.7 Å². The zero-order valence-corrected chi connectivity index (χ0v) is 14.2. The molecule has 1 unspecified atom stereocenters. The summed E-state index contributed by atoms with van der Waals surface area (Å²) in [5.74, 6) is -0.280. The summed E-state index contributed by atoms with van der Waals surface area (Å²) in [5.41, 5.74) is 0. The molecule has 0 bridgehead atoms. The van der Waals surface area contributed by atoms with Crippen molar-refractivity contribution in [2.45, 2.75) is 39.2 Å². The minimum Gasteiger partial charge on any atom is -0.461 e. The lowest BCUT2D eigenvalue weighted by Crippen LogP contribution is -2.49. The average molecular weight is 332 g/mol. The Morgan fingerprint density at radius 1 is 1.33 bits per heavy atom. The van der Waals surface area contributed by atoms with Crippen LogP contribution < -0.4 is 0 Å². The van der Waals surface area contributed by atoms with Crippen molar-refractivity contribution in [3.63, 3.8) is 0 Å². The van der Waals surface area contributed by atoms with Crippen molar-refractivity contribution in [1.82, 2.24) is 9.80 Å². The van der Waals surface area contributed by atoms with Gasteiger partial charge in [0.25, 0.3) is 11.7 Å². The van der Waals surface area contributed by atoms with Crippen LogP contribution in [0.2, 0.25) is 0 Å². The number of hydrogen-bond donors (Lipinski definition) is 0. The lowest BCUT2D eigenvalue weighted by molar-refractivity contribution is -0.133. The predicted molar refractivity (Wildman–Crippen MR) is 87.3 cm³/mol. The average Bonchev–Trinajstić information content (AvgIpc) is 3.24. The fraction of sp³-hybridized carbons (Fsp3) is 0.611. The second kappa shape index (κ2) is 6.79. The first kappa shape index (κ1) is 16.7. The maximum Gasteiger partial charge on any atom is 0.298 e. The van der Waals surface area contributed by atoms with Gasteiger partial charge in [-0.2, -0.15) is 0 Å². The molecule has 1 saturated carbocycles. The van der Waals surface area contributed by atoms with Crippen LogP contribution in [0.4, 0.5) is 0 Å². The molecule has 0 aromatic carbocycles. The lowest BCUT2D eigenvalue weighted by Gasteiger charge is -2.34. The topological polar surface area (TPSA) is 70.8 Å². The normalized spacial score (nSPS) is 22.0. The Labute approximate surface area is 141 Å². The van der Waals surface area contributed by atoms with E-state index in [9.17, 15) is 14.4 Å². The van der Waals surface area contributed by atoms with Crippen molar-refractivity contribution in [2.75, 3.05) is 19.6 Å². The molecule has 3 rings (SSSR count). The van der Waals surface area contributed by atoms with E-state index in [-0.39, 0.29) is 36.6 Å². The Morgan fingerprint density at radius 3 is 2.67 bits per heavy atom. The monoisotopic (exact) mass is 332 g/mol. The number of Topliss-reactive ketones (excluding diaryl/α,β-unsaturated/α-hetero) is 1. The standard InChI is InChI=1S/C18H24N2O4/c1-12(2)14-11-19(18(23)17(22)15-4-3-9-24-15)8-7-16(21)20(14)10-13-5-6-13/h3-4,9,12-14H,5-8,10-11H2,1-2H3. The van der Waals surface area contributed by atoms with Gasteiger partial charge in [-0.1, -0.05) is 13.8 Å². The van der Waals surface area contributed by atoms with Crippen LogP contribution in [0.1, 0.15) is 43.7 Å². The second-order valence-electron chi connectivity index (χ2n) is 7.11. The van der Waals surface area contributed by atoms with E-state index >= 15 is 0 Å². The fourth-order valence-corrected chi connectivity index (χ4v) is 3.20. The van der Waals surface area contributed by atoms with Gasteiger partial charge in [0.05, 0.1) is 12.3 Å². The summed E-state index contributed by atoms with van der Waals surface area (Å²) in [5, 5.41) is 0. The van der Waals surface area contributed by atoms with Crippen LogP contribution in [0.3, 0.4) is 0 Å². The lowest BCUT2D eigenvalue weighted by atomic mass is 10.0. The van der Waals surface area contributed by atoms with Crippen molar-refractivity contribution in [1.29, 1.82) is 0 Å². The summed E-state index contributed by atoms with van der Waals surface area (Å²) < 4.78 is 5.04. The number of carbonyl (C=O) groups excluding carboxylic acids is 3. The molecule has 1 aliphatic heterocycles. The molecule has 1 atom stereocenters. The molecule has 1 aromatic heterocycles. The first-order valence-electron chi connectivity index (χ1n) is 8.64. The molecule has 6 heteroatoms. The van der Waals surface area contributed by atoms with Crippen LogP contribution in [0.5, 0.6) is 0 Å². The maximum absolute atomic E-state index is 12.6. The number of ketones is 1. The van der Waals surface area contributed by atoms with Gasteiger partial charge in [0.15, 0.2) is 5.76 Å². The zero-order chi connectivity index (χ0) is 17.3. The molecule has 0 spiro atoms. The fourth-order valence-electron chi connectivity index (χ4n) is 3.20. The molecule has 24 heavy (non-hydrogen) atoms. The van der Waals surface area contributed by atoms with Crippen molar-refractivity contribution in [3.05, 3.63) is 24.2 Å². The van der Waals surface area contributed by atoms with E-state index in [2.05, 4.69) is 13.8 Å². The number of hydrogen-bond acceptors (Lipinski definition) is 4. The summed E-state index contributed by atoms with van der Waals surface area (Å²) in [6, 6.07) is 3.03. The molecule has 1 aliphatic carbocycles. The quantitative estimate of drug-likeness (QED) is 0.610. The van der Waals surface area contributed by atoms with Gasteiger partial charge in [0.2, 0.25) is 5.91 Å². The van der Waals surface area contributed by atoms with E-state index in [1.54, 1.807) is 6.07 Å². The third-order valence-electron chi connectivity index (χ3n) is 4.87. The van der Waals surface area contributed by atoms with Crippen LogP contribution in [-0.4, -0.2) is 53.1 Å². The highest BCUT2D eigenvalue weighted by Crippen LogP contribution is 2.32. The van der Waals surface area contributed by atoms with E-state index in [0.717, 1.165) is 6.54 Å². The van der Waals surface area contributed by atoms with E-state index in [1.807, 2.05) is 4.90 Å².